The van der Waals surface area contributed by atoms with Crippen molar-refractivity contribution in [2.45, 2.75) is 39.7 Å². The molecule has 0 aliphatic heterocycles. The van der Waals surface area contributed by atoms with Gasteiger partial charge in [-0.25, -0.2) is 0 Å². The monoisotopic (exact) mass is 187 g/mol. The molecule has 0 aromatic heterocycles. The Labute approximate surface area is 78.3 Å². The van der Waals surface area contributed by atoms with Crippen LogP contribution in [0, 0.1) is 5.92 Å². The molecule has 4 heteroatoms. The van der Waals surface area contributed by atoms with Crippen LogP contribution in [0.25, 0.3) is 0 Å². The number of hydrogen-bond donors (Lipinski definition) is 2. The summed E-state index contributed by atoms with van der Waals surface area (Å²) in [6.45, 7) is 5.48. The zero-order valence-electron chi connectivity index (χ0n) is 8.33. The van der Waals surface area contributed by atoms with Gasteiger partial charge in [0, 0.05) is 12.0 Å². The minimum absolute atomic E-state index is 0.109. The van der Waals surface area contributed by atoms with Gasteiger partial charge in [0.1, 0.15) is 0 Å². The normalized spacial score (nSPS) is 14.7. The highest BCUT2D eigenvalue weighted by molar-refractivity contribution is 5.82. The first-order chi connectivity index (χ1) is 5.97. The predicted octanol–water partition coefficient (Wildman–Crippen LogP) is 1.01. The molecular weight excluding hydrogens is 170 g/mol. The minimum atomic E-state index is -0.938. The van der Waals surface area contributed by atoms with Gasteiger partial charge >= 0.3 is 5.97 Å². The number of carbonyl (C=O) groups excluding carboxylic acids is 1. The Morgan fingerprint density at radius 3 is 2.31 bits per heavy atom. The number of carboxylic acid groups (broad SMARTS) is 1. The van der Waals surface area contributed by atoms with Crippen molar-refractivity contribution < 1.29 is 14.7 Å². The lowest BCUT2D eigenvalue weighted by atomic mass is 10.1. The van der Waals surface area contributed by atoms with Gasteiger partial charge in [-0.2, -0.15) is 0 Å². The van der Waals surface area contributed by atoms with Crippen LogP contribution < -0.4 is 5.32 Å². The topological polar surface area (TPSA) is 66.4 Å². The Morgan fingerprint density at radius 1 is 1.38 bits per heavy atom. The summed E-state index contributed by atoms with van der Waals surface area (Å²) in [7, 11) is 0. The van der Waals surface area contributed by atoms with Gasteiger partial charge < -0.3 is 10.4 Å². The summed E-state index contributed by atoms with van der Waals surface area (Å²) in [5.41, 5.74) is 0. The van der Waals surface area contributed by atoms with E-state index in [2.05, 4.69) is 5.32 Å². The van der Waals surface area contributed by atoms with Crippen molar-refractivity contribution in [3.8, 4) is 0 Å². The molecule has 2 atom stereocenters. The highest BCUT2D eigenvalue weighted by atomic mass is 16.4. The zero-order valence-corrected chi connectivity index (χ0v) is 8.33. The van der Waals surface area contributed by atoms with Gasteiger partial charge in [-0.15, -0.1) is 0 Å². The van der Waals surface area contributed by atoms with E-state index in [1.165, 1.54) is 0 Å². The van der Waals surface area contributed by atoms with Gasteiger partial charge in [0.2, 0.25) is 5.91 Å². The fourth-order valence-corrected chi connectivity index (χ4v) is 0.842. The third-order valence-electron chi connectivity index (χ3n) is 1.93. The molecule has 2 N–H and O–H groups in total. The molecule has 0 aliphatic rings. The summed E-state index contributed by atoms with van der Waals surface area (Å²) in [5, 5.41) is 11.2. The molecule has 0 rings (SSSR count). The standard InChI is InChI=1S/C9H17NO3/c1-4-7(3)10-9(13)6(2)5-8(11)12/h6-7H,4-5H2,1-3H3,(H,10,13)(H,11,12). The molecule has 0 fully saturated rings. The van der Waals surface area contributed by atoms with Gasteiger partial charge in [0.05, 0.1) is 6.42 Å². The van der Waals surface area contributed by atoms with E-state index >= 15 is 0 Å². The summed E-state index contributed by atoms with van der Waals surface area (Å²) in [5.74, 6) is -1.57. The average molecular weight is 187 g/mol. The molecule has 4 nitrogen and oxygen atoms in total. The highest BCUT2D eigenvalue weighted by Crippen LogP contribution is 2.02. The molecule has 0 saturated heterocycles. The molecule has 0 spiro atoms. The lowest BCUT2D eigenvalue weighted by Gasteiger charge is -2.14. The summed E-state index contributed by atoms with van der Waals surface area (Å²) in [4.78, 5) is 21.6. The first kappa shape index (κ1) is 11.9. The van der Waals surface area contributed by atoms with Crippen LogP contribution >= 0.6 is 0 Å². The SMILES string of the molecule is CCC(C)NC(=O)C(C)CC(=O)O. The van der Waals surface area contributed by atoms with E-state index in [1.54, 1.807) is 6.92 Å². The van der Waals surface area contributed by atoms with Crippen LogP contribution in [0.15, 0.2) is 0 Å². The van der Waals surface area contributed by atoms with Gasteiger partial charge in [0.15, 0.2) is 0 Å². The van der Waals surface area contributed by atoms with Crippen LogP contribution in [0.5, 0.6) is 0 Å². The minimum Gasteiger partial charge on any atom is -0.481 e. The fraction of sp³-hybridized carbons (Fsp3) is 0.778. The van der Waals surface area contributed by atoms with Crippen LogP contribution in [0.3, 0.4) is 0 Å². The third-order valence-corrected chi connectivity index (χ3v) is 1.93. The van der Waals surface area contributed by atoms with Crippen LogP contribution in [0.2, 0.25) is 0 Å². The van der Waals surface area contributed by atoms with Crippen molar-refractivity contribution in [3.05, 3.63) is 0 Å². The van der Waals surface area contributed by atoms with E-state index < -0.39 is 11.9 Å². The van der Waals surface area contributed by atoms with Gasteiger partial charge in [-0.05, 0) is 13.3 Å². The molecule has 0 aromatic rings. The van der Waals surface area contributed by atoms with Crippen molar-refractivity contribution >= 4 is 11.9 Å². The number of amides is 1. The molecule has 0 aliphatic carbocycles. The Hall–Kier alpha value is -1.06. The van der Waals surface area contributed by atoms with Crippen molar-refractivity contribution in [2.75, 3.05) is 0 Å². The van der Waals surface area contributed by atoms with E-state index in [1.807, 2.05) is 13.8 Å². The summed E-state index contributed by atoms with van der Waals surface area (Å²) >= 11 is 0. The van der Waals surface area contributed by atoms with Gasteiger partial charge in [-0.3, -0.25) is 9.59 Å². The second-order valence-corrected chi connectivity index (χ2v) is 3.32. The maximum absolute atomic E-state index is 11.3. The van der Waals surface area contributed by atoms with E-state index in [-0.39, 0.29) is 18.4 Å². The third kappa shape index (κ3) is 5.22. The summed E-state index contributed by atoms with van der Waals surface area (Å²) < 4.78 is 0. The van der Waals surface area contributed by atoms with Crippen LogP contribution in [0.1, 0.15) is 33.6 Å². The van der Waals surface area contributed by atoms with Crippen molar-refractivity contribution in [2.24, 2.45) is 5.92 Å². The molecule has 0 radical (unpaired) electrons. The molecule has 13 heavy (non-hydrogen) atoms. The number of rotatable bonds is 5. The largest absolute Gasteiger partial charge is 0.481 e. The number of hydrogen-bond acceptors (Lipinski definition) is 2. The van der Waals surface area contributed by atoms with E-state index in [4.69, 9.17) is 5.11 Å². The van der Waals surface area contributed by atoms with E-state index in [0.717, 1.165) is 6.42 Å². The number of nitrogens with one attached hydrogen (secondary N) is 1. The average Bonchev–Trinajstić information content (AvgIpc) is 2.02. The molecule has 76 valence electrons. The second-order valence-electron chi connectivity index (χ2n) is 3.32. The second kappa shape index (κ2) is 5.56. The molecule has 0 bridgehead atoms. The molecule has 0 heterocycles. The quantitative estimate of drug-likeness (QED) is 0.675. The maximum Gasteiger partial charge on any atom is 0.304 e. The highest BCUT2D eigenvalue weighted by Gasteiger charge is 2.17. The van der Waals surface area contributed by atoms with Gasteiger partial charge in [-0.1, -0.05) is 13.8 Å². The van der Waals surface area contributed by atoms with Crippen LogP contribution in [-0.2, 0) is 9.59 Å². The Morgan fingerprint density at radius 2 is 1.92 bits per heavy atom. The molecule has 0 saturated carbocycles. The van der Waals surface area contributed by atoms with E-state index in [0.29, 0.717) is 0 Å². The Bertz CT molecular complexity index is 191. The number of aliphatic carboxylic acids is 1. The lowest BCUT2D eigenvalue weighted by molar-refractivity contribution is -0.140. The molecule has 0 aromatic carbocycles. The van der Waals surface area contributed by atoms with Crippen LogP contribution in [0.4, 0.5) is 0 Å². The number of carboxylic acids is 1. The molecular formula is C9H17NO3. The summed E-state index contributed by atoms with van der Waals surface area (Å²) in [6.07, 6.45) is 0.744. The molecule has 1 amide bonds. The first-order valence-electron chi connectivity index (χ1n) is 4.49. The fourth-order valence-electron chi connectivity index (χ4n) is 0.842. The zero-order chi connectivity index (χ0) is 10.4. The smallest absolute Gasteiger partial charge is 0.304 e. The predicted molar refractivity (Wildman–Crippen MR) is 49.3 cm³/mol. The summed E-state index contributed by atoms with van der Waals surface area (Å²) in [6, 6.07) is 0.115. The lowest BCUT2D eigenvalue weighted by Crippen LogP contribution is -2.36. The van der Waals surface area contributed by atoms with E-state index in [9.17, 15) is 9.59 Å². The van der Waals surface area contributed by atoms with Crippen molar-refractivity contribution in [1.82, 2.24) is 5.32 Å². The Kier molecular flexibility index (Phi) is 5.11. The Balaban J connectivity index is 3.89. The van der Waals surface area contributed by atoms with Crippen molar-refractivity contribution in [3.63, 3.8) is 0 Å². The van der Waals surface area contributed by atoms with Crippen LogP contribution in [-0.4, -0.2) is 23.0 Å². The maximum atomic E-state index is 11.3. The molecule has 2 unspecified atom stereocenters. The van der Waals surface area contributed by atoms with Crippen molar-refractivity contribution in [1.29, 1.82) is 0 Å². The first-order valence-corrected chi connectivity index (χ1v) is 4.49. The van der Waals surface area contributed by atoms with Gasteiger partial charge in [0.25, 0.3) is 0 Å². The number of carbonyl (C=O) groups is 2.